The molecule has 1 saturated heterocycles. The van der Waals surface area contributed by atoms with Crippen molar-refractivity contribution >= 4 is 12.4 Å². The number of ether oxygens (including phenoxy) is 1. The van der Waals surface area contributed by atoms with Gasteiger partial charge in [-0.25, -0.2) is 0 Å². The Hall–Kier alpha value is -0.570. The zero-order chi connectivity index (χ0) is 9.38. The number of nitrogens with one attached hydrogen (secondary N) is 1. The second-order valence-corrected chi connectivity index (χ2v) is 4.09. The Morgan fingerprint density at radius 3 is 3.07 bits per heavy atom. The number of aryl methyl sites for hydroxylation is 1. The van der Waals surface area contributed by atoms with Crippen LogP contribution in [0, 0.1) is 0 Å². The van der Waals surface area contributed by atoms with Gasteiger partial charge in [-0.2, -0.15) is 0 Å². The molecule has 3 heteroatoms. The first-order valence-electron chi connectivity index (χ1n) is 5.38. The van der Waals surface area contributed by atoms with E-state index >= 15 is 0 Å². The quantitative estimate of drug-likeness (QED) is 0.730. The fourth-order valence-corrected chi connectivity index (χ4v) is 2.56. The van der Waals surface area contributed by atoms with E-state index in [4.69, 9.17) is 4.74 Å². The number of fused-ring (bicyclic) bond motifs is 3. The van der Waals surface area contributed by atoms with Crippen molar-refractivity contribution in [2.75, 3.05) is 13.2 Å². The molecule has 82 valence electrons. The third-order valence-electron chi connectivity index (χ3n) is 3.26. The molecule has 2 aliphatic rings. The monoisotopic (exact) mass is 225 g/mol. The Kier molecular flexibility index (Phi) is 3.29. The highest BCUT2D eigenvalue weighted by atomic mass is 35.5. The normalized spacial score (nSPS) is 28.5. The predicted molar refractivity (Wildman–Crippen MR) is 62.5 cm³/mol. The van der Waals surface area contributed by atoms with Gasteiger partial charge in [-0.15, -0.1) is 12.4 Å². The molecule has 1 fully saturated rings. The van der Waals surface area contributed by atoms with Gasteiger partial charge in [0.05, 0.1) is 12.7 Å². The molecule has 0 aromatic heterocycles. The van der Waals surface area contributed by atoms with E-state index in [2.05, 4.69) is 29.6 Å². The van der Waals surface area contributed by atoms with Crippen LogP contribution in [0.15, 0.2) is 24.3 Å². The number of morpholine rings is 1. The summed E-state index contributed by atoms with van der Waals surface area (Å²) < 4.78 is 5.85. The summed E-state index contributed by atoms with van der Waals surface area (Å²) in [6, 6.07) is 9.20. The van der Waals surface area contributed by atoms with E-state index in [-0.39, 0.29) is 12.4 Å². The summed E-state index contributed by atoms with van der Waals surface area (Å²) in [5, 5.41) is 3.54. The standard InChI is InChI=1S/C12H15NO.ClH/c1-2-4-10-9(3-1)5-6-11-12(10)14-8-7-13-11;/h1-4,11-13H,5-8H2;1H/t11-,12-;/m0./s1. The third-order valence-corrected chi connectivity index (χ3v) is 3.26. The fraction of sp³-hybridized carbons (Fsp3) is 0.500. The minimum Gasteiger partial charge on any atom is -0.371 e. The van der Waals surface area contributed by atoms with Gasteiger partial charge in [0, 0.05) is 12.6 Å². The molecular formula is C12H16ClNO. The summed E-state index contributed by atoms with van der Waals surface area (Å²) >= 11 is 0. The molecule has 1 aromatic rings. The summed E-state index contributed by atoms with van der Waals surface area (Å²) in [7, 11) is 0. The molecule has 1 aromatic carbocycles. The number of benzene rings is 1. The van der Waals surface area contributed by atoms with E-state index in [1.54, 1.807) is 0 Å². The van der Waals surface area contributed by atoms with Crippen LogP contribution in [-0.2, 0) is 11.2 Å². The Morgan fingerprint density at radius 2 is 2.13 bits per heavy atom. The Morgan fingerprint density at radius 1 is 1.27 bits per heavy atom. The van der Waals surface area contributed by atoms with Crippen LogP contribution in [0.4, 0.5) is 0 Å². The van der Waals surface area contributed by atoms with Gasteiger partial charge in [0.1, 0.15) is 0 Å². The van der Waals surface area contributed by atoms with E-state index in [9.17, 15) is 0 Å². The molecule has 0 radical (unpaired) electrons. The first-order valence-corrected chi connectivity index (χ1v) is 5.38. The zero-order valence-corrected chi connectivity index (χ0v) is 9.43. The Bertz CT molecular complexity index is 342. The second kappa shape index (κ2) is 4.52. The lowest BCUT2D eigenvalue weighted by Gasteiger charge is -2.37. The van der Waals surface area contributed by atoms with Crippen LogP contribution in [0.5, 0.6) is 0 Å². The van der Waals surface area contributed by atoms with E-state index in [1.807, 2.05) is 0 Å². The maximum absolute atomic E-state index is 5.85. The molecule has 1 heterocycles. The predicted octanol–water partition coefficient (Wildman–Crippen LogP) is 2.08. The van der Waals surface area contributed by atoms with Gasteiger partial charge in [-0.3, -0.25) is 0 Å². The SMILES string of the molecule is Cl.c1ccc2c(c1)CC[C@@H]1NCCO[C@@H]21. The van der Waals surface area contributed by atoms with Crippen LogP contribution in [0.2, 0.25) is 0 Å². The lowest BCUT2D eigenvalue weighted by atomic mass is 9.85. The van der Waals surface area contributed by atoms with Gasteiger partial charge in [0.25, 0.3) is 0 Å². The molecule has 0 spiro atoms. The minimum absolute atomic E-state index is 0. The van der Waals surface area contributed by atoms with E-state index in [1.165, 1.54) is 24.0 Å². The molecule has 0 saturated carbocycles. The molecule has 2 nitrogen and oxygen atoms in total. The van der Waals surface area contributed by atoms with Crippen LogP contribution in [0.25, 0.3) is 0 Å². The van der Waals surface area contributed by atoms with Crippen molar-refractivity contribution in [2.45, 2.75) is 25.0 Å². The zero-order valence-electron chi connectivity index (χ0n) is 8.61. The van der Waals surface area contributed by atoms with Crippen molar-refractivity contribution in [3.05, 3.63) is 35.4 Å². The molecule has 0 bridgehead atoms. The maximum Gasteiger partial charge on any atom is 0.0981 e. The Balaban J connectivity index is 0.000000853. The largest absolute Gasteiger partial charge is 0.371 e. The number of halogens is 1. The first-order chi connectivity index (χ1) is 6.95. The van der Waals surface area contributed by atoms with Crippen LogP contribution in [-0.4, -0.2) is 19.2 Å². The molecular weight excluding hydrogens is 210 g/mol. The van der Waals surface area contributed by atoms with Crippen LogP contribution in [0.1, 0.15) is 23.7 Å². The fourth-order valence-electron chi connectivity index (χ4n) is 2.56. The van der Waals surface area contributed by atoms with E-state index < -0.39 is 0 Å². The second-order valence-electron chi connectivity index (χ2n) is 4.09. The molecule has 3 rings (SSSR count). The van der Waals surface area contributed by atoms with Gasteiger partial charge in [0.15, 0.2) is 0 Å². The number of hydrogen-bond donors (Lipinski definition) is 1. The average molecular weight is 226 g/mol. The van der Waals surface area contributed by atoms with Crippen molar-refractivity contribution in [1.82, 2.24) is 5.32 Å². The molecule has 1 aliphatic carbocycles. The van der Waals surface area contributed by atoms with Crippen molar-refractivity contribution in [2.24, 2.45) is 0 Å². The third kappa shape index (κ3) is 1.89. The smallest absolute Gasteiger partial charge is 0.0981 e. The lowest BCUT2D eigenvalue weighted by Crippen LogP contribution is -2.45. The molecule has 2 atom stereocenters. The topological polar surface area (TPSA) is 21.3 Å². The highest BCUT2D eigenvalue weighted by molar-refractivity contribution is 5.85. The van der Waals surface area contributed by atoms with Crippen molar-refractivity contribution in [3.8, 4) is 0 Å². The highest BCUT2D eigenvalue weighted by Crippen LogP contribution is 2.33. The van der Waals surface area contributed by atoms with Crippen LogP contribution >= 0.6 is 12.4 Å². The van der Waals surface area contributed by atoms with Crippen LogP contribution in [0.3, 0.4) is 0 Å². The molecule has 1 aliphatic heterocycles. The summed E-state index contributed by atoms with van der Waals surface area (Å²) in [5.41, 5.74) is 2.87. The van der Waals surface area contributed by atoms with Crippen LogP contribution < -0.4 is 5.32 Å². The summed E-state index contributed by atoms with van der Waals surface area (Å²) in [6.45, 7) is 1.85. The first kappa shape index (κ1) is 10.9. The maximum atomic E-state index is 5.85. The van der Waals surface area contributed by atoms with Gasteiger partial charge in [-0.05, 0) is 24.0 Å². The summed E-state index contributed by atoms with van der Waals surface area (Å²) in [6.07, 6.45) is 2.70. The Labute approximate surface area is 96.4 Å². The van der Waals surface area contributed by atoms with E-state index in [0.29, 0.717) is 12.1 Å². The molecule has 0 amide bonds. The summed E-state index contributed by atoms with van der Waals surface area (Å²) in [5.74, 6) is 0. The van der Waals surface area contributed by atoms with Crippen molar-refractivity contribution in [1.29, 1.82) is 0 Å². The number of rotatable bonds is 0. The van der Waals surface area contributed by atoms with Crippen molar-refractivity contribution < 1.29 is 4.74 Å². The molecule has 1 N–H and O–H groups in total. The lowest BCUT2D eigenvalue weighted by molar-refractivity contribution is -0.0127. The van der Waals surface area contributed by atoms with Gasteiger partial charge in [-0.1, -0.05) is 24.3 Å². The van der Waals surface area contributed by atoms with E-state index in [0.717, 1.165) is 13.2 Å². The average Bonchev–Trinajstić information content (AvgIpc) is 2.29. The van der Waals surface area contributed by atoms with Gasteiger partial charge in [0.2, 0.25) is 0 Å². The molecule has 15 heavy (non-hydrogen) atoms. The summed E-state index contributed by atoms with van der Waals surface area (Å²) in [4.78, 5) is 0. The highest BCUT2D eigenvalue weighted by Gasteiger charge is 2.31. The van der Waals surface area contributed by atoms with Gasteiger partial charge >= 0.3 is 0 Å². The minimum atomic E-state index is 0. The van der Waals surface area contributed by atoms with Crippen molar-refractivity contribution in [3.63, 3.8) is 0 Å². The number of hydrogen-bond acceptors (Lipinski definition) is 2. The molecule has 0 unspecified atom stereocenters. The van der Waals surface area contributed by atoms with Gasteiger partial charge < -0.3 is 10.1 Å².